The molecule has 29 nitrogen and oxygen atoms in total. The van der Waals surface area contributed by atoms with E-state index in [0.717, 1.165) is 0 Å². The van der Waals surface area contributed by atoms with E-state index in [9.17, 15) is 56.3 Å². The minimum atomic E-state index is -5.12. The molecule has 7 atom stereocenters. The Morgan fingerprint density at radius 2 is 0.613 bits per heavy atom. The lowest BCUT2D eigenvalue weighted by molar-refractivity contribution is -0.230. The highest BCUT2D eigenvalue weighted by atomic mass is 31.2. The van der Waals surface area contributed by atoms with Crippen LogP contribution in [0.2, 0.25) is 0 Å². The van der Waals surface area contributed by atoms with Crippen molar-refractivity contribution in [3.05, 3.63) is 0 Å². The van der Waals surface area contributed by atoms with Gasteiger partial charge in [-0.15, -0.1) is 8.96 Å². The smallest absolute Gasteiger partial charge is 0.268 e. The minimum Gasteiger partial charge on any atom is -0.756 e. The summed E-state index contributed by atoms with van der Waals surface area (Å²) in [5.74, 6) is -1.91. The number of aliphatic hydroxyl groups is 1. The summed E-state index contributed by atoms with van der Waals surface area (Å²) in [6.07, 6.45) is 0. The van der Waals surface area contributed by atoms with Gasteiger partial charge in [0.1, 0.15) is 0 Å². The maximum absolute atomic E-state index is 12.3. The van der Waals surface area contributed by atoms with Gasteiger partial charge in [-0.1, -0.05) is 0 Å². The van der Waals surface area contributed by atoms with Crippen LogP contribution in [-0.4, -0.2) is 168 Å². The van der Waals surface area contributed by atoms with Gasteiger partial charge in [-0.3, -0.25) is 22.8 Å². The molecule has 0 bridgehead atoms. The lowest BCUT2D eigenvalue weighted by Gasteiger charge is -2.26. The molecule has 0 saturated carbocycles. The Kier molecular flexibility index (Phi) is 37.1. The van der Waals surface area contributed by atoms with Crippen molar-refractivity contribution >= 4 is 39.1 Å². The summed E-state index contributed by atoms with van der Waals surface area (Å²) >= 11 is 0. The van der Waals surface area contributed by atoms with E-state index in [0.29, 0.717) is 0 Å². The number of ether oxygens (including phenoxy) is 6. The first-order chi connectivity index (χ1) is 29.3. The van der Waals surface area contributed by atoms with Gasteiger partial charge < -0.3 is 104 Å². The van der Waals surface area contributed by atoms with Crippen LogP contribution in [0, 0.1) is 11.8 Å². The molecular formula is C26H54F2N2O27P5-5. The lowest BCUT2D eigenvalue weighted by Crippen LogP contribution is -2.27. The molecule has 0 heterocycles. The summed E-state index contributed by atoms with van der Waals surface area (Å²) < 4.78 is 153. The number of hydrogen-bond donors (Lipinski definition) is 4. The average molecular weight is 1020 g/mol. The molecule has 0 aromatic heterocycles. The van der Waals surface area contributed by atoms with Gasteiger partial charge in [-0.2, -0.15) is 11.1 Å². The van der Waals surface area contributed by atoms with Gasteiger partial charge in [0.15, 0.2) is 0 Å². The Bertz CT molecular complexity index is 1350. The highest BCUT2D eigenvalue weighted by molar-refractivity contribution is 7.46. The molecule has 62 heavy (non-hydrogen) atoms. The van der Waals surface area contributed by atoms with Crippen molar-refractivity contribution in [2.75, 3.05) is 158 Å². The first-order valence-electron chi connectivity index (χ1n) is 18.1. The molecule has 0 aliphatic rings. The van der Waals surface area contributed by atoms with Crippen LogP contribution in [0.1, 0.15) is 0 Å². The number of aliphatic hydroxyl groups excluding tert-OH is 1. The van der Waals surface area contributed by atoms with E-state index >= 15 is 0 Å². The number of hydrogen-bond acceptors (Lipinski definition) is 28. The summed E-state index contributed by atoms with van der Waals surface area (Å²) in [5, 5.41) is 8.98. The molecule has 0 aliphatic heterocycles. The molecule has 0 fully saturated rings. The molecule has 0 radical (unpaired) electrons. The molecule has 0 rings (SSSR count). The molecule has 0 aliphatic carbocycles. The first kappa shape index (κ1) is 62.1. The van der Waals surface area contributed by atoms with E-state index in [1.165, 1.54) is 11.1 Å². The van der Waals surface area contributed by atoms with Crippen LogP contribution < -0.4 is 35.5 Å². The summed E-state index contributed by atoms with van der Waals surface area (Å²) in [6, 6.07) is 0. The van der Waals surface area contributed by atoms with Gasteiger partial charge in [0, 0.05) is 31.5 Å². The van der Waals surface area contributed by atoms with Gasteiger partial charge in [-0.05, 0) is 0 Å². The number of nitrogens with one attached hydrogen (secondary N) is 2. The van der Waals surface area contributed by atoms with Crippen LogP contribution in [0.5, 0.6) is 0 Å². The standard InChI is InChI=1S/C26H59F2N2O27P5/c27-29-19-25(21-31)22-56-61(39,40)53-17-11-47-5-3-45-9-15-51-59(35,36)49-13-7-43-1-2-44-8-14-50-60(37,38)52-16-10-46-4-6-48-12-18-54-62(41,42)57-24-26(20-30-28)23-55-58(32,33)34/h25-26,29-31H,1-24H2,(H,35,36)(H,37,38)(H,39,40)(H,41,42)(H2,32,33,34)/p-5. The molecule has 0 aromatic carbocycles. The van der Waals surface area contributed by atoms with E-state index < -0.39 is 97.1 Å². The van der Waals surface area contributed by atoms with Crippen LogP contribution in [0.25, 0.3) is 0 Å². The number of rotatable bonds is 47. The third-order valence-electron chi connectivity index (χ3n) is 6.38. The fraction of sp³-hybridized carbons (Fsp3) is 1.00. The van der Waals surface area contributed by atoms with Gasteiger partial charge >= 0.3 is 0 Å². The van der Waals surface area contributed by atoms with Crippen molar-refractivity contribution in [1.82, 2.24) is 11.1 Å². The van der Waals surface area contributed by atoms with Crippen molar-refractivity contribution in [3.8, 4) is 0 Å². The van der Waals surface area contributed by atoms with Crippen LogP contribution in [0.15, 0.2) is 0 Å². The topological polar surface area (TPSA) is 404 Å². The number of phosphoric acid groups is 5. The molecule has 0 amide bonds. The minimum absolute atomic E-state index is 0.00104. The second-order valence-electron chi connectivity index (χ2n) is 11.4. The molecule has 0 spiro atoms. The molecule has 4 N–H and O–H groups in total. The molecule has 7 unspecified atom stereocenters. The fourth-order valence-corrected chi connectivity index (χ4v) is 6.79. The van der Waals surface area contributed by atoms with E-state index in [-0.39, 0.29) is 112 Å². The van der Waals surface area contributed by atoms with Gasteiger partial charge in [0.2, 0.25) is 0 Å². The predicted octanol–water partition coefficient (Wildman–Crippen LogP) is -3.26. The van der Waals surface area contributed by atoms with Crippen LogP contribution >= 0.6 is 39.1 Å². The van der Waals surface area contributed by atoms with E-state index in [1.807, 2.05) is 0 Å². The van der Waals surface area contributed by atoms with E-state index in [4.69, 9.17) is 38.4 Å². The van der Waals surface area contributed by atoms with E-state index in [1.54, 1.807) is 0 Å². The molecule has 0 saturated heterocycles. The molecule has 36 heteroatoms. The zero-order valence-electron chi connectivity index (χ0n) is 33.2. The third kappa shape index (κ3) is 41.5. The summed E-state index contributed by atoms with van der Waals surface area (Å²) in [6.45, 7) is -6.84. The highest BCUT2D eigenvalue weighted by Crippen LogP contribution is 2.40. The van der Waals surface area contributed by atoms with Crippen molar-refractivity contribution in [1.29, 1.82) is 0 Å². The van der Waals surface area contributed by atoms with Gasteiger partial charge in [0.05, 0.1) is 139 Å². The zero-order chi connectivity index (χ0) is 46.6. The molecule has 374 valence electrons. The highest BCUT2D eigenvalue weighted by Gasteiger charge is 2.18. The third-order valence-corrected chi connectivity index (χ3v) is 10.8. The largest absolute Gasteiger partial charge is 0.756 e. The first-order valence-corrected chi connectivity index (χ1v) is 25.4. The normalized spacial score (nSPS) is 18.0. The Morgan fingerprint density at radius 3 is 0.871 bits per heavy atom. The second kappa shape index (κ2) is 37.1. The maximum Gasteiger partial charge on any atom is 0.268 e. The predicted molar refractivity (Wildman–Crippen MR) is 191 cm³/mol. The van der Waals surface area contributed by atoms with Crippen molar-refractivity contribution in [2.24, 2.45) is 11.8 Å². The Morgan fingerprint density at radius 1 is 0.387 bits per heavy atom. The molecule has 0 aromatic rings. The Balaban J connectivity index is 3.71. The second-order valence-corrected chi connectivity index (χ2v) is 18.2. The van der Waals surface area contributed by atoms with Crippen molar-refractivity contribution in [2.45, 2.75) is 0 Å². The number of phosphoric ester groups is 5. The van der Waals surface area contributed by atoms with Crippen molar-refractivity contribution in [3.63, 3.8) is 0 Å². The summed E-state index contributed by atoms with van der Waals surface area (Å²) in [7, 11) is -24.0. The van der Waals surface area contributed by atoms with Crippen LogP contribution in [-0.2, 0) is 92.0 Å². The van der Waals surface area contributed by atoms with Crippen LogP contribution in [0.3, 0.4) is 0 Å². The number of halogens is 2. The average Bonchev–Trinajstić information content (AvgIpc) is 3.19. The quantitative estimate of drug-likeness (QED) is 0.0264. The van der Waals surface area contributed by atoms with E-state index in [2.05, 4.69) is 40.7 Å². The molecular weight excluding hydrogens is 965 g/mol. The lowest BCUT2D eigenvalue weighted by atomic mass is 10.2. The monoisotopic (exact) mass is 1020 g/mol. The fourth-order valence-electron chi connectivity index (χ4n) is 3.52. The van der Waals surface area contributed by atoms with Gasteiger partial charge in [-0.25, -0.2) is 0 Å². The summed E-state index contributed by atoms with van der Waals surface area (Å²) in [5.41, 5.74) is 2.47. The Hall–Kier alpha value is 0.0500. The van der Waals surface area contributed by atoms with Crippen LogP contribution in [0.4, 0.5) is 8.96 Å². The SMILES string of the molecule is O=P([O-])(O)OCC(CNF)COP(=O)([O-])OCCOCCOCCOP(=O)([O-])OCCOCCOCCOP(=O)([O-])OCCOCCOCCOP(=O)([O-])OCC(CO)CNF. The summed E-state index contributed by atoms with van der Waals surface area (Å²) in [4.78, 5) is 66.1. The van der Waals surface area contributed by atoms with Crippen molar-refractivity contribution < 1.29 is 135 Å². The van der Waals surface area contributed by atoms with Gasteiger partial charge in [0.25, 0.3) is 39.1 Å². The maximum atomic E-state index is 12.3. The Labute approximate surface area is 355 Å². The zero-order valence-corrected chi connectivity index (χ0v) is 37.7.